The minimum absolute atomic E-state index is 0.0572. The minimum Gasteiger partial charge on any atom is -0.456 e. The van der Waals surface area contributed by atoms with Crippen LogP contribution in [-0.4, -0.2) is 0 Å². The topological polar surface area (TPSA) is 16.4 Å². The molecule has 45 heavy (non-hydrogen) atoms. The Morgan fingerprint density at radius 2 is 1.13 bits per heavy atom. The third-order valence-electron chi connectivity index (χ3n) is 10.3. The summed E-state index contributed by atoms with van der Waals surface area (Å²) in [6.07, 6.45) is 2.19. The average molecular weight is 580 g/mol. The van der Waals surface area contributed by atoms with Gasteiger partial charge in [-0.1, -0.05) is 92.7 Å². The molecular weight excluding hydrogens is 546 g/mol. The maximum atomic E-state index is 6.30. The summed E-state index contributed by atoms with van der Waals surface area (Å²) in [5.41, 5.74) is 10.9. The van der Waals surface area contributed by atoms with Crippen molar-refractivity contribution in [1.29, 1.82) is 0 Å². The van der Waals surface area contributed by atoms with Crippen LogP contribution < -0.4 is 4.90 Å². The van der Waals surface area contributed by atoms with Crippen LogP contribution in [0.2, 0.25) is 0 Å². The molecule has 0 bridgehead atoms. The molecule has 0 amide bonds. The van der Waals surface area contributed by atoms with Gasteiger partial charge in [-0.25, -0.2) is 0 Å². The lowest BCUT2D eigenvalue weighted by atomic mass is 9.73. The molecule has 1 aromatic heterocycles. The monoisotopic (exact) mass is 579 g/mol. The van der Waals surface area contributed by atoms with Gasteiger partial charge in [0.05, 0.1) is 0 Å². The highest BCUT2D eigenvalue weighted by Gasteiger charge is 2.40. The molecular formula is C43H33NO. The summed E-state index contributed by atoms with van der Waals surface area (Å²) < 4.78 is 6.30. The van der Waals surface area contributed by atoms with Crippen LogP contribution in [0.5, 0.6) is 0 Å². The van der Waals surface area contributed by atoms with Gasteiger partial charge in [0.2, 0.25) is 0 Å². The van der Waals surface area contributed by atoms with Gasteiger partial charge in [-0.3, -0.25) is 0 Å². The molecule has 0 N–H and O–H groups in total. The summed E-state index contributed by atoms with van der Waals surface area (Å²) in [5, 5.41) is 7.43. The fraction of sp³-hybridized carbons (Fsp3) is 0.116. The van der Waals surface area contributed by atoms with E-state index in [0.29, 0.717) is 0 Å². The van der Waals surface area contributed by atoms with Gasteiger partial charge in [-0.05, 0) is 111 Å². The first kappa shape index (κ1) is 26.1. The van der Waals surface area contributed by atoms with Gasteiger partial charge in [-0.2, -0.15) is 0 Å². The van der Waals surface area contributed by atoms with E-state index in [-0.39, 0.29) is 5.41 Å². The standard InChI is InChI=1S/C43H33NO/c1-3-43(4-2)39-16-10-8-14-34(39)38-25-29-19-18-28-24-31(20-22-33(28)37(29)27-40(38)43)44(30-12-6-5-7-13-30)32-21-23-36-35-15-9-11-17-41(35)45-42(36)26-32/h5-27H,3-4H2,1-2H3. The normalized spacial score (nSPS) is 13.5. The second kappa shape index (κ2) is 9.84. The van der Waals surface area contributed by atoms with Gasteiger partial charge < -0.3 is 9.32 Å². The molecule has 0 fully saturated rings. The molecule has 2 nitrogen and oxygen atoms in total. The Morgan fingerprint density at radius 1 is 0.467 bits per heavy atom. The summed E-state index contributed by atoms with van der Waals surface area (Å²) in [5.74, 6) is 0. The first-order valence-electron chi connectivity index (χ1n) is 16.1. The lowest BCUT2D eigenvalue weighted by Crippen LogP contribution is -2.22. The zero-order valence-corrected chi connectivity index (χ0v) is 25.5. The fourth-order valence-corrected chi connectivity index (χ4v) is 8.03. The summed E-state index contributed by atoms with van der Waals surface area (Å²) >= 11 is 0. The predicted octanol–water partition coefficient (Wildman–Crippen LogP) is 12.4. The van der Waals surface area contributed by atoms with Crippen molar-refractivity contribution in [2.24, 2.45) is 0 Å². The van der Waals surface area contributed by atoms with Crippen molar-refractivity contribution in [2.45, 2.75) is 32.1 Å². The Labute approximate surface area is 263 Å². The molecule has 0 saturated carbocycles. The maximum absolute atomic E-state index is 6.30. The summed E-state index contributed by atoms with van der Waals surface area (Å²) in [6, 6.07) is 50.9. The molecule has 8 aromatic rings. The Hall–Kier alpha value is -5.34. The van der Waals surface area contributed by atoms with E-state index in [4.69, 9.17) is 4.42 Å². The molecule has 0 unspecified atom stereocenters. The van der Waals surface area contributed by atoms with Crippen molar-refractivity contribution >= 4 is 60.5 Å². The predicted molar refractivity (Wildman–Crippen MR) is 190 cm³/mol. The molecule has 0 aliphatic heterocycles. The zero-order chi connectivity index (χ0) is 30.1. The van der Waals surface area contributed by atoms with E-state index in [0.717, 1.165) is 51.8 Å². The quantitative estimate of drug-likeness (QED) is 0.189. The van der Waals surface area contributed by atoms with Gasteiger partial charge in [0.1, 0.15) is 11.2 Å². The molecule has 9 rings (SSSR count). The number of hydrogen-bond donors (Lipinski definition) is 0. The maximum Gasteiger partial charge on any atom is 0.137 e. The Morgan fingerprint density at radius 3 is 1.96 bits per heavy atom. The molecule has 0 radical (unpaired) electrons. The molecule has 0 atom stereocenters. The molecule has 0 saturated heterocycles. The van der Waals surface area contributed by atoms with E-state index in [9.17, 15) is 0 Å². The fourth-order valence-electron chi connectivity index (χ4n) is 8.03. The minimum atomic E-state index is 0.0572. The van der Waals surface area contributed by atoms with Crippen molar-refractivity contribution in [3.05, 3.63) is 151 Å². The molecule has 0 spiro atoms. The third kappa shape index (κ3) is 3.75. The largest absolute Gasteiger partial charge is 0.456 e. The zero-order valence-electron chi connectivity index (χ0n) is 25.5. The van der Waals surface area contributed by atoms with Crippen LogP contribution >= 0.6 is 0 Å². The van der Waals surface area contributed by atoms with Gasteiger partial charge >= 0.3 is 0 Å². The van der Waals surface area contributed by atoms with Crippen LogP contribution in [0.15, 0.2) is 144 Å². The Balaban J connectivity index is 1.22. The van der Waals surface area contributed by atoms with E-state index in [2.05, 4.69) is 146 Å². The summed E-state index contributed by atoms with van der Waals surface area (Å²) in [4.78, 5) is 2.33. The van der Waals surface area contributed by atoms with E-state index in [1.165, 1.54) is 43.8 Å². The molecule has 1 aliphatic carbocycles. The van der Waals surface area contributed by atoms with Crippen molar-refractivity contribution in [3.63, 3.8) is 0 Å². The number of hydrogen-bond acceptors (Lipinski definition) is 2. The summed E-state index contributed by atoms with van der Waals surface area (Å²) in [6.45, 7) is 4.69. The van der Waals surface area contributed by atoms with Crippen molar-refractivity contribution in [1.82, 2.24) is 0 Å². The molecule has 1 aliphatic rings. The van der Waals surface area contributed by atoms with Crippen LogP contribution in [0.25, 0.3) is 54.6 Å². The number of rotatable bonds is 5. The molecule has 2 heteroatoms. The highest BCUT2D eigenvalue weighted by Crippen LogP contribution is 2.54. The Bertz CT molecular complexity index is 2410. The smallest absolute Gasteiger partial charge is 0.137 e. The van der Waals surface area contributed by atoms with Crippen LogP contribution in [0.1, 0.15) is 37.8 Å². The lowest BCUT2D eigenvalue weighted by molar-refractivity contribution is 0.491. The van der Waals surface area contributed by atoms with Crippen LogP contribution in [-0.2, 0) is 5.41 Å². The van der Waals surface area contributed by atoms with Gasteiger partial charge in [-0.15, -0.1) is 0 Å². The number of furan rings is 1. The number of nitrogens with zero attached hydrogens (tertiary/aromatic N) is 1. The van der Waals surface area contributed by atoms with E-state index < -0.39 is 0 Å². The first-order chi connectivity index (χ1) is 22.2. The second-order valence-corrected chi connectivity index (χ2v) is 12.4. The highest BCUT2D eigenvalue weighted by atomic mass is 16.3. The van der Waals surface area contributed by atoms with Gasteiger partial charge in [0.15, 0.2) is 0 Å². The van der Waals surface area contributed by atoms with E-state index >= 15 is 0 Å². The molecule has 216 valence electrons. The average Bonchev–Trinajstić information content (AvgIpc) is 3.60. The number of para-hydroxylation sites is 2. The number of fused-ring (bicyclic) bond motifs is 9. The highest BCUT2D eigenvalue weighted by molar-refractivity contribution is 6.11. The third-order valence-corrected chi connectivity index (χ3v) is 10.3. The van der Waals surface area contributed by atoms with Gasteiger partial charge in [0.25, 0.3) is 0 Å². The van der Waals surface area contributed by atoms with Crippen LogP contribution in [0, 0.1) is 0 Å². The molecule has 1 heterocycles. The SMILES string of the molecule is CCC1(CC)c2ccccc2-c2cc3ccc4cc(N(c5ccccc5)c5ccc6c(c5)oc5ccccc56)ccc4c3cc21. The molecule has 7 aromatic carbocycles. The summed E-state index contributed by atoms with van der Waals surface area (Å²) in [7, 11) is 0. The van der Waals surface area contributed by atoms with Crippen LogP contribution in [0.3, 0.4) is 0 Å². The van der Waals surface area contributed by atoms with E-state index in [1.54, 1.807) is 0 Å². The van der Waals surface area contributed by atoms with Crippen molar-refractivity contribution < 1.29 is 4.42 Å². The lowest BCUT2D eigenvalue weighted by Gasteiger charge is -2.30. The van der Waals surface area contributed by atoms with E-state index in [1.807, 2.05) is 12.1 Å². The Kier molecular flexibility index (Phi) is 5.70. The van der Waals surface area contributed by atoms with Crippen LogP contribution in [0.4, 0.5) is 17.1 Å². The van der Waals surface area contributed by atoms with Gasteiger partial charge in [0, 0.05) is 39.3 Å². The first-order valence-corrected chi connectivity index (χ1v) is 16.1. The number of anilines is 3. The second-order valence-electron chi connectivity index (χ2n) is 12.4. The van der Waals surface area contributed by atoms with Crippen molar-refractivity contribution in [3.8, 4) is 11.1 Å². The number of benzene rings is 7. The van der Waals surface area contributed by atoms with Crippen molar-refractivity contribution in [2.75, 3.05) is 4.90 Å².